The van der Waals surface area contributed by atoms with Crippen molar-refractivity contribution in [1.82, 2.24) is 5.32 Å². The van der Waals surface area contributed by atoms with Gasteiger partial charge in [-0.25, -0.2) is 0 Å². The number of rotatable bonds is 4. The third-order valence-corrected chi connectivity index (χ3v) is 4.48. The van der Waals surface area contributed by atoms with Crippen LogP contribution in [0, 0.1) is 0 Å². The molecule has 2 rings (SSSR count). The summed E-state index contributed by atoms with van der Waals surface area (Å²) in [7, 11) is 0. The predicted molar refractivity (Wildman–Crippen MR) is 73.6 cm³/mol. The molecule has 0 saturated carbocycles. The van der Waals surface area contributed by atoms with Gasteiger partial charge in [0, 0.05) is 28.4 Å². The minimum atomic E-state index is 0.708. The van der Waals surface area contributed by atoms with Crippen molar-refractivity contribution in [3.63, 3.8) is 0 Å². The lowest BCUT2D eigenvalue weighted by atomic mass is 10.2. The normalized spacial score (nSPS) is 20.2. The summed E-state index contributed by atoms with van der Waals surface area (Å²) >= 11 is 13.9. The Labute approximate surface area is 111 Å². The Morgan fingerprint density at radius 1 is 1.25 bits per heavy atom. The van der Waals surface area contributed by atoms with Gasteiger partial charge in [-0.15, -0.1) is 0 Å². The van der Waals surface area contributed by atoms with E-state index in [-0.39, 0.29) is 0 Å². The van der Waals surface area contributed by atoms with Gasteiger partial charge in [0.1, 0.15) is 0 Å². The van der Waals surface area contributed by atoms with E-state index in [9.17, 15) is 0 Å². The fourth-order valence-corrected chi connectivity index (χ4v) is 3.70. The molecule has 1 N–H and O–H groups in total. The largest absolute Gasteiger partial charge is 0.312 e. The molecule has 1 atom stereocenters. The highest BCUT2D eigenvalue weighted by Crippen LogP contribution is 2.25. The molecular formula is C12H15Cl2NS. The van der Waals surface area contributed by atoms with Crippen LogP contribution >= 0.6 is 35.0 Å². The molecule has 0 aliphatic carbocycles. The van der Waals surface area contributed by atoms with E-state index in [0.717, 1.165) is 23.9 Å². The van der Waals surface area contributed by atoms with Gasteiger partial charge in [0.25, 0.3) is 0 Å². The molecule has 0 radical (unpaired) electrons. The summed E-state index contributed by atoms with van der Waals surface area (Å²) in [6, 6.07) is 5.68. The van der Waals surface area contributed by atoms with Crippen molar-refractivity contribution in [1.29, 1.82) is 0 Å². The molecular weight excluding hydrogens is 261 g/mol. The zero-order valence-electron chi connectivity index (χ0n) is 9.01. The first-order valence-corrected chi connectivity index (χ1v) is 7.32. The monoisotopic (exact) mass is 275 g/mol. The molecule has 0 aromatic heterocycles. The maximum atomic E-state index is 5.94. The van der Waals surface area contributed by atoms with E-state index in [4.69, 9.17) is 23.2 Å². The van der Waals surface area contributed by atoms with Gasteiger partial charge in [0.2, 0.25) is 0 Å². The van der Waals surface area contributed by atoms with Crippen LogP contribution in [0.1, 0.15) is 18.4 Å². The molecule has 1 heterocycles. The number of hydrogen-bond donors (Lipinski definition) is 1. The van der Waals surface area contributed by atoms with Crippen LogP contribution in [0.4, 0.5) is 0 Å². The summed E-state index contributed by atoms with van der Waals surface area (Å²) in [5, 5.41) is 5.66. The molecule has 1 aromatic carbocycles. The molecule has 1 aliphatic heterocycles. The minimum absolute atomic E-state index is 0.708. The maximum Gasteiger partial charge on any atom is 0.0424 e. The van der Waals surface area contributed by atoms with Crippen LogP contribution in [0.15, 0.2) is 18.2 Å². The summed E-state index contributed by atoms with van der Waals surface area (Å²) in [6.45, 7) is 1.92. The summed E-state index contributed by atoms with van der Waals surface area (Å²) < 4.78 is 0. The van der Waals surface area contributed by atoms with E-state index in [1.54, 1.807) is 6.07 Å². The summed E-state index contributed by atoms with van der Waals surface area (Å²) in [4.78, 5) is 0. The quantitative estimate of drug-likeness (QED) is 0.892. The third-order valence-electron chi connectivity index (χ3n) is 2.65. The zero-order valence-corrected chi connectivity index (χ0v) is 11.3. The van der Waals surface area contributed by atoms with Crippen molar-refractivity contribution < 1.29 is 0 Å². The number of halogens is 2. The van der Waals surface area contributed by atoms with E-state index in [2.05, 4.69) is 17.1 Å². The maximum absolute atomic E-state index is 5.94. The lowest BCUT2D eigenvalue weighted by molar-refractivity contribution is 0.646. The van der Waals surface area contributed by atoms with Gasteiger partial charge in [-0.2, -0.15) is 11.8 Å². The second kappa shape index (κ2) is 6.15. The van der Waals surface area contributed by atoms with Gasteiger partial charge in [0.05, 0.1) is 0 Å². The van der Waals surface area contributed by atoms with Crippen molar-refractivity contribution in [2.75, 3.05) is 12.3 Å². The molecule has 1 aliphatic rings. The van der Waals surface area contributed by atoms with Crippen molar-refractivity contribution in [2.45, 2.75) is 24.6 Å². The van der Waals surface area contributed by atoms with Gasteiger partial charge in [-0.3, -0.25) is 0 Å². The first kappa shape index (κ1) is 12.6. The summed E-state index contributed by atoms with van der Waals surface area (Å²) in [5.74, 6) is 1.31. The van der Waals surface area contributed by atoms with Crippen LogP contribution in [0.3, 0.4) is 0 Å². The Bertz CT molecular complexity index is 331. The van der Waals surface area contributed by atoms with E-state index >= 15 is 0 Å². The highest BCUT2D eigenvalue weighted by Gasteiger charge is 2.14. The Morgan fingerprint density at radius 3 is 2.62 bits per heavy atom. The first-order chi connectivity index (χ1) is 7.74. The highest BCUT2D eigenvalue weighted by atomic mass is 35.5. The molecule has 1 unspecified atom stereocenters. The Kier molecular flexibility index (Phi) is 4.83. The van der Waals surface area contributed by atoms with Gasteiger partial charge in [-0.05, 0) is 42.4 Å². The van der Waals surface area contributed by atoms with Gasteiger partial charge in [0.15, 0.2) is 0 Å². The summed E-state index contributed by atoms with van der Waals surface area (Å²) in [6.07, 6.45) is 2.70. The number of thioether (sulfide) groups is 1. The van der Waals surface area contributed by atoms with Gasteiger partial charge >= 0.3 is 0 Å². The minimum Gasteiger partial charge on any atom is -0.312 e. The van der Waals surface area contributed by atoms with Crippen molar-refractivity contribution in [2.24, 2.45) is 0 Å². The third kappa shape index (κ3) is 3.85. The molecule has 1 fully saturated rings. The molecule has 1 nitrogen and oxygen atoms in total. The van der Waals surface area contributed by atoms with E-state index in [1.807, 2.05) is 12.1 Å². The average molecular weight is 276 g/mol. The van der Waals surface area contributed by atoms with Crippen LogP contribution in [0.2, 0.25) is 10.0 Å². The SMILES string of the molecule is Clc1cc(Cl)cc(CNCC2CCCS2)c1. The highest BCUT2D eigenvalue weighted by molar-refractivity contribution is 8.00. The fraction of sp³-hybridized carbons (Fsp3) is 0.500. The van der Waals surface area contributed by atoms with Gasteiger partial charge in [-0.1, -0.05) is 23.2 Å². The van der Waals surface area contributed by atoms with E-state index in [0.29, 0.717) is 10.0 Å². The van der Waals surface area contributed by atoms with Crippen LogP contribution in [-0.4, -0.2) is 17.5 Å². The number of nitrogens with one attached hydrogen (secondary N) is 1. The van der Waals surface area contributed by atoms with E-state index < -0.39 is 0 Å². The number of benzene rings is 1. The molecule has 4 heteroatoms. The smallest absolute Gasteiger partial charge is 0.0424 e. The number of hydrogen-bond acceptors (Lipinski definition) is 2. The van der Waals surface area contributed by atoms with Crippen LogP contribution < -0.4 is 5.32 Å². The topological polar surface area (TPSA) is 12.0 Å². The van der Waals surface area contributed by atoms with Crippen molar-refractivity contribution in [3.05, 3.63) is 33.8 Å². The Hall–Kier alpha value is 0.110. The van der Waals surface area contributed by atoms with Crippen molar-refractivity contribution in [3.8, 4) is 0 Å². The van der Waals surface area contributed by atoms with Crippen LogP contribution in [-0.2, 0) is 6.54 Å². The lowest BCUT2D eigenvalue weighted by Gasteiger charge is -2.10. The Morgan fingerprint density at radius 2 is 2.00 bits per heavy atom. The molecule has 88 valence electrons. The first-order valence-electron chi connectivity index (χ1n) is 5.51. The average Bonchev–Trinajstić information content (AvgIpc) is 2.69. The van der Waals surface area contributed by atoms with E-state index in [1.165, 1.54) is 18.6 Å². The Balaban J connectivity index is 1.80. The standard InChI is InChI=1S/C12H15Cl2NS/c13-10-4-9(5-11(14)6-10)7-15-8-12-2-1-3-16-12/h4-6,12,15H,1-3,7-8H2. The fourth-order valence-electron chi connectivity index (χ4n) is 1.90. The predicted octanol–water partition coefficient (Wildman–Crippen LogP) is 3.98. The summed E-state index contributed by atoms with van der Waals surface area (Å²) in [5.41, 5.74) is 1.15. The van der Waals surface area contributed by atoms with Crippen LogP contribution in [0.25, 0.3) is 0 Å². The molecule has 1 saturated heterocycles. The second-order valence-corrected chi connectivity index (χ2v) is 6.32. The molecule has 16 heavy (non-hydrogen) atoms. The second-order valence-electron chi connectivity index (χ2n) is 4.04. The molecule has 1 aromatic rings. The van der Waals surface area contributed by atoms with Crippen LogP contribution in [0.5, 0.6) is 0 Å². The lowest BCUT2D eigenvalue weighted by Crippen LogP contribution is -2.22. The zero-order chi connectivity index (χ0) is 11.4. The van der Waals surface area contributed by atoms with Crippen molar-refractivity contribution >= 4 is 35.0 Å². The molecule has 0 bridgehead atoms. The van der Waals surface area contributed by atoms with Gasteiger partial charge < -0.3 is 5.32 Å². The molecule has 0 spiro atoms. The molecule has 0 amide bonds.